The van der Waals surface area contributed by atoms with Crippen molar-refractivity contribution in [3.8, 4) is 0 Å². The number of carbonyl (C=O) groups is 1. The summed E-state index contributed by atoms with van der Waals surface area (Å²) in [6.45, 7) is 2.88. The summed E-state index contributed by atoms with van der Waals surface area (Å²) in [7, 11) is -0.556. The van der Waals surface area contributed by atoms with Crippen LogP contribution in [0.15, 0.2) is 32.7 Å². The molecule has 1 atom stereocenters. The topological polar surface area (TPSA) is 83.7 Å². The van der Waals surface area contributed by atoms with Gasteiger partial charge in [-0.2, -0.15) is 0 Å². The Kier molecular flexibility index (Phi) is 5.59. The zero-order chi connectivity index (χ0) is 18.9. The Morgan fingerprint density at radius 2 is 2.15 bits per heavy atom. The Hall–Kier alpha value is -1.58. The first-order valence-electron chi connectivity index (χ1n) is 8.54. The van der Waals surface area contributed by atoms with E-state index < -0.39 is 10.0 Å². The van der Waals surface area contributed by atoms with Crippen LogP contribution in [0.2, 0.25) is 0 Å². The van der Waals surface area contributed by atoms with Crippen molar-refractivity contribution < 1.29 is 17.6 Å². The molecule has 1 aliphatic rings. The largest absolute Gasteiger partial charge is 0.431 e. The normalized spacial score (nSPS) is 18.6. The Bertz CT molecular complexity index is 908. The number of benzene rings is 1. The van der Waals surface area contributed by atoms with Crippen molar-refractivity contribution in [3.05, 3.63) is 18.2 Å². The molecule has 2 aromatic rings. The molecule has 0 radical (unpaired) electrons. The third kappa shape index (κ3) is 3.89. The van der Waals surface area contributed by atoms with E-state index in [1.807, 2.05) is 4.90 Å². The quantitative estimate of drug-likeness (QED) is 0.721. The monoisotopic (exact) mass is 397 g/mol. The minimum atomic E-state index is -3.52. The zero-order valence-corrected chi connectivity index (χ0v) is 16.8. The van der Waals surface area contributed by atoms with Crippen LogP contribution in [-0.4, -0.2) is 60.9 Å². The van der Waals surface area contributed by atoms with E-state index in [0.29, 0.717) is 16.3 Å². The standard InChI is InChI=1S/C17H23N3O4S2/c1-12-6-4-5-9-20(12)16(21)11-25-17-18-14-10-13(7-8-15(14)24-17)26(22,23)19(2)3/h7-8,10,12H,4-6,9,11H2,1-3H3/t12-/m0/s1. The van der Waals surface area contributed by atoms with E-state index in [0.717, 1.165) is 23.7 Å². The third-order valence-electron chi connectivity index (χ3n) is 4.56. The van der Waals surface area contributed by atoms with Crippen LogP contribution in [0.5, 0.6) is 0 Å². The SMILES string of the molecule is C[C@H]1CCCCN1C(=O)CSc1nc2cc(S(=O)(=O)N(C)C)ccc2o1. The second kappa shape index (κ2) is 7.58. The van der Waals surface area contributed by atoms with Gasteiger partial charge in [-0.25, -0.2) is 17.7 Å². The van der Waals surface area contributed by atoms with Gasteiger partial charge in [0, 0.05) is 26.7 Å². The van der Waals surface area contributed by atoms with Gasteiger partial charge in [-0.15, -0.1) is 0 Å². The van der Waals surface area contributed by atoms with Crippen LogP contribution in [0.4, 0.5) is 0 Å². The molecule has 1 aliphatic heterocycles. The second-order valence-electron chi connectivity index (χ2n) is 6.62. The number of piperidine rings is 1. The average molecular weight is 398 g/mol. The molecule has 1 amide bonds. The highest BCUT2D eigenvalue weighted by Crippen LogP contribution is 2.27. The number of sulfonamides is 1. The molecule has 142 valence electrons. The molecular weight excluding hydrogens is 374 g/mol. The molecule has 26 heavy (non-hydrogen) atoms. The first-order chi connectivity index (χ1) is 12.3. The van der Waals surface area contributed by atoms with Gasteiger partial charge >= 0.3 is 0 Å². The number of oxazole rings is 1. The molecule has 0 saturated carbocycles. The summed E-state index contributed by atoms with van der Waals surface area (Å²) in [5, 5.41) is 0.373. The van der Waals surface area contributed by atoms with Crippen molar-refractivity contribution >= 4 is 38.8 Å². The number of thioether (sulfide) groups is 1. The highest BCUT2D eigenvalue weighted by molar-refractivity contribution is 7.99. The molecule has 0 spiro atoms. The predicted octanol–water partition coefficient (Wildman–Crippen LogP) is 2.57. The fraction of sp³-hybridized carbons (Fsp3) is 0.529. The van der Waals surface area contributed by atoms with Crippen molar-refractivity contribution in [2.75, 3.05) is 26.4 Å². The van der Waals surface area contributed by atoms with E-state index in [4.69, 9.17) is 4.42 Å². The average Bonchev–Trinajstić information content (AvgIpc) is 3.02. The van der Waals surface area contributed by atoms with Gasteiger partial charge in [-0.1, -0.05) is 11.8 Å². The predicted molar refractivity (Wildman–Crippen MR) is 101 cm³/mol. The highest BCUT2D eigenvalue weighted by Gasteiger charge is 2.24. The minimum Gasteiger partial charge on any atom is -0.431 e. The van der Waals surface area contributed by atoms with E-state index in [-0.39, 0.29) is 22.6 Å². The Morgan fingerprint density at radius 1 is 1.38 bits per heavy atom. The smallest absolute Gasteiger partial charge is 0.257 e. The van der Waals surface area contributed by atoms with Gasteiger partial charge in [-0.05, 0) is 44.4 Å². The number of rotatable bonds is 5. The van der Waals surface area contributed by atoms with Crippen molar-refractivity contribution in [2.45, 2.75) is 42.3 Å². The third-order valence-corrected chi connectivity index (χ3v) is 7.18. The molecular formula is C17H23N3O4S2. The lowest BCUT2D eigenvalue weighted by atomic mass is 10.0. The van der Waals surface area contributed by atoms with Crippen molar-refractivity contribution in [3.63, 3.8) is 0 Å². The van der Waals surface area contributed by atoms with Crippen LogP contribution in [0.3, 0.4) is 0 Å². The van der Waals surface area contributed by atoms with Crippen molar-refractivity contribution in [1.29, 1.82) is 0 Å². The first kappa shape index (κ1) is 19.2. The van der Waals surface area contributed by atoms with Crippen LogP contribution in [0, 0.1) is 0 Å². The van der Waals surface area contributed by atoms with Gasteiger partial charge in [-0.3, -0.25) is 4.79 Å². The van der Waals surface area contributed by atoms with Gasteiger partial charge in [0.05, 0.1) is 10.6 Å². The van der Waals surface area contributed by atoms with Gasteiger partial charge in [0.15, 0.2) is 5.58 Å². The summed E-state index contributed by atoms with van der Waals surface area (Å²) >= 11 is 1.24. The molecule has 1 fully saturated rings. The van der Waals surface area contributed by atoms with E-state index >= 15 is 0 Å². The molecule has 0 aliphatic carbocycles. The van der Waals surface area contributed by atoms with Gasteiger partial charge < -0.3 is 9.32 Å². The van der Waals surface area contributed by atoms with E-state index in [1.165, 1.54) is 44.4 Å². The lowest BCUT2D eigenvalue weighted by Crippen LogP contribution is -2.42. The lowest BCUT2D eigenvalue weighted by Gasteiger charge is -2.33. The number of nitrogens with zero attached hydrogens (tertiary/aromatic N) is 3. The number of aromatic nitrogens is 1. The molecule has 0 N–H and O–H groups in total. The van der Waals surface area contributed by atoms with Gasteiger partial charge in [0.25, 0.3) is 5.22 Å². The summed E-state index contributed by atoms with van der Waals surface area (Å²) in [4.78, 5) is 18.8. The molecule has 7 nitrogen and oxygen atoms in total. The fourth-order valence-corrected chi connectivity index (χ4v) is 4.64. The molecule has 1 aromatic carbocycles. The number of hydrogen-bond donors (Lipinski definition) is 0. The van der Waals surface area contributed by atoms with Crippen LogP contribution < -0.4 is 0 Å². The summed E-state index contributed by atoms with van der Waals surface area (Å²) in [6.07, 6.45) is 3.26. The second-order valence-corrected chi connectivity index (χ2v) is 9.70. The van der Waals surface area contributed by atoms with E-state index in [1.54, 1.807) is 6.07 Å². The zero-order valence-electron chi connectivity index (χ0n) is 15.1. The molecule has 2 heterocycles. The number of carbonyl (C=O) groups excluding carboxylic acids is 1. The van der Waals surface area contributed by atoms with Crippen molar-refractivity contribution in [1.82, 2.24) is 14.2 Å². The molecule has 0 bridgehead atoms. The Morgan fingerprint density at radius 3 is 2.85 bits per heavy atom. The number of likely N-dealkylation sites (tertiary alicyclic amines) is 1. The first-order valence-corrected chi connectivity index (χ1v) is 11.0. The van der Waals surface area contributed by atoms with Crippen LogP contribution in [0.1, 0.15) is 26.2 Å². The van der Waals surface area contributed by atoms with Crippen molar-refractivity contribution in [2.24, 2.45) is 0 Å². The molecule has 1 saturated heterocycles. The molecule has 9 heteroatoms. The van der Waals surface area contributed by atoms with Crippen LogP contribution in [0.25, 0.3) is 11.1 Å². The fourth-order valence-electron chi connectivity index (χ4n) is 2.99. The van der Waals surface area contributed by atoms with Crippen LogP contribution in [-0.2, 0) is 14.8 Å². The lowest BCUT2D eigenvalue weighted by molar-refractivity contribution is -0.131. The summed E-state index contributed by atoms with van der Waals surface area (Å²) < 4.78 is 31.2. The Labute approximate surface area is 157 Å². The number of hydrogen-bond acceptors (Lipinski definition) is 6. The van der Waals surface area contributed by atoms with Gasteiger partial charge in [0.1, 0.15) is 5.52 Å². The maximum absolute atomic E-state index is 12.4. The number of fused-ring (bicyclic) bond motifs is 1. The van der Waals surface area contributed by atoms with Crippen LogP contribution >= 0.6 is 11.8 Å². The molecule has 3 rings (SSSR count). The summed E-state index contributed by atoms with van der Waals surface area (Å²) in [5.41, 5.74) is 0.971. The number of amides is 1. The van der Waals surface area contributed by atoms with E-state index in [9.17, 15) is 13.2 Å². The maximum Gasteiger partial charge on any atom is 0.257 e. The molecule has 0 unspecified atom stereocenters. The molecule has 1 aromatic heterocycles. The summed E-state index contributed by atoms with van der Waals surface area (Å²) in [6, 6.07) is 4.86. The van der Waals surface area contributed by atoms with Gasteiger partial charge in [0.2, 0.25) is 15.9 Å². The Balaban J connectivity index is 1.72. The minimum absolute atomic E-state index is 0.0836. The maximum atomic E-state index is 12.4. The summed E-state index contributed by atoms with van der Waals surface area (Å²) in [5.74, 6) is 0.348. The highest BCUT2D eigenvalue weighted by atomic mass is 32.2. The van der Waals surface area contributed by atoms with E-state index in [2.05, 4.69) is 11.9 Å².